The quantitative estimate of drug-likeness (QED) is 0.0224. The van der Waals surface area contributed by atoms with Gasteiger partial charge in [-0.15, -0.1) is 0 Å². The minimum atomic E-state index is -0.297. The number of H-pyrrole nitrogens is 1. The highest BCUT2D eigenvalue weighted by molar-refractivity contribution is 6.11. The van der Waals surface area contributed by atoms with Crippen molar-refractivity contribution in [1.82, 2.24) is 80.3 Å². The van der Waals surface area contributed by atoms with Crippen LogP contribution in [0.1, 0.15) is 217 Å². The van der Waals surface area contributed by atoms with Crippen LogP contribution in [0.5, 0.6) is 0 Å². The number of aromatic amines is 1. The predicted octanol–water partition coefficient (Wildman–Crippen LogP) is 15.7. The average Bonchev–Trinajstić information content (AvgIpc) is 1.68. The lowest BCUT2D eigenvalue weighted by molar-refractivity contribution is 0.0591. The second-order valence-electron chi connectivity index (χ2n) is 31.9. The number of aliphatic imine (C=N–C) groups is 3. The fourth-order valence-electron chi connectivity index (χ4n) is 12.8. The number of nitrogens with one attached hydrogen (secondary N) is 11. The van der Waals surface area contributed by atoms with E-state index in [4.69, 9.17) is 4.74 Å². The highest BCUT2D eigenvalue weighted by Crippen LogP contribution is 2.41. The first-order chi connectivity index (χ1) is 65.9. The van der Waals surface area contributed by atoms with Crippen molar-refractivity contribution >= 4 is 106 Å². The number of allylic oxidation sites excluding steroid dienone is 1. The monoisotopic (exact) mass is 1870 g/mol. The molecule has 2 fully saturated rings. The van der Waals surface area contributed by atoms with Gasteiger partial charge in [0.05, 0.1) is 44.1 Å². The molecule has 4 amide bonds. The molecule has 9 aromatic heterocycles. The van der Waals surface area contributed by atoms with Crippen LogP contribution >= 0.6 is 0 Å². The molecule has 2 aliphatic carbocycles. The van der Waals surface area contributed by atoms with Crippen LogP contribution in [0.15, 0.2) is 179 Å². The molecule has 11 N–H and O–H groups in total. The number of benzene rings is 2. The van der Waals surface area contributed by atoms with Gasteiger partial charge in [-0.05, 0) is 203 Å². The van der Waals surface area contributed by atoms with E-state index in [2.05, 4.69) is 161 Å². The Labute approximate surface area is 806 Å². The number of pyridine rings is 7. The van der Waals surface area contributed by atoms with Crippen molar-refractivity contribution in [3.8, 4) is 11.4 Å². The summed E-state index contributed by atoms with van der Waals surface area (Å²) in [5.41, 5.74) is 18.1. The molecule has 11 heterocycles. The van der Waals surface area contributed by atoms with E-state index in [1.54, 1.807) is 125 Å². The zero-order valence-corrected chi connectivity index (χ0v) is 83.9. The fraction of sp³-hybridized carbons (Fsp3) is 0.382. The topological polar surface area (TPSA) is 434 Å². The number of methoxy groups -OCH3 is 2. The van der Waals surface area contributed by atoms with E-state index in [0.717, 1.165) is 160 Å². The van der Waals surface area contributed by atoms with Gasteiger partial charge < -0.3 is 72.4 Å². The van der Waals surface area contributed by atoms with Crippen molar-refractivity contribution in [1.29, 1.82) is 0 Å². The van der Waals surface area contributed by atoms with Gasteiger partial charge >= 0.3 is 11.9 Å². The van der Waals surface area contributed by atoms with E-state index < -0.39 is 0 Å². The van der Waals surface area contributed by atoms with E-state index in [-0.39, 0.29) is 35.6 Å². The zero-order chi connectivity index (χ0) is 100. The lowest BCUT2D eigenvalue weighted by atomic mass is 10.1. The summed E-state index contributed by atoms with van der Waals surface area (Å²) in [5, 5.41) is 40.1. The van der Waals surface area contributed by atoms with Gasteiger partial charge in [0.2, 0.25) is 0 Å². The van der Waals surface area contributed by atoms with Crippen LogP contribution < -0.4 is 53.2 Å². The second kappa shape index (κ2) is 58.7. The third-order valence-electron chi connectivity index (χ3n) is 20.8. The Balaban J connectivity index is 0.000000234. The zero-order valence-electron chi connectivity index (χ0n) is 83.9. The summed E-state index contributed by atoms with van der Waals surface area (Å²) in [5.74, 6) is 7.69. The molecular formula is C102H139N27O8. The van der Waals surface area contributed by atoms with Crippen LogP contribution in [-0.4, -0.2) is 249 Å². The summed E-state index contributed by atoms with van der Waals surface area (Å²) in [4.78, 5) is 119. The van der Waals surface area contributed by atoms with Crippen molar-refractivity contribution in [2.45, 2.75) is 130 Å². The molecule has 0 spiro atoms. The first-order valence-electron chi connectivity index (χ1n) is 45.7. The number of anilines is 8. The maximum absolute atomic E-state index is 11.9. The molecule has 0 unspecified atom stereocenters. The molecule has 0 radical (unpaired) electrons. The molecular weight excluding hydrogens is 1730 g/mol. The van der Waals surface area contributed by atoms with Crippen molar-refractivity contribution in [2.75, 3.05) is 169 Å². The van der Waals surface area contributed by atoms with E-state index in [1.807, 2.05) is 181 Å². The molecule has 730 valence electrons. The lowest BCUT2D eigenvalue weighted by Crippen LogP contribution is -2.22. The number of hydrogen-bond donors (Lipinski definition) is 11. The number of nitrogens with zero attached hydrogens (tertiary/aromatic N) is 16. The Bertz CT molecular complexity index is 5720. The number of rotatable bonds is 26. The van der Waals surface area contributed by atoms with E-state index in [9.17, 15) is 28.8 Å². The smallest absolute Gasteiger partial charge is 0.337 e. The second-order valence-corrected chi connectivity index (χ2v) is 31.9. The van der Waals surface area contributed by atoms with Crippen molar-refractivity contribution < 1.29 is 38.2 Å². The molecule has 0 atom stereocenters. The number of ether oxygens (including phenoxy) is 2. The fourth-order valence-corrected chi connectivity index (χ4v) is 12.8. The Morgan fingerprint density at radius 1 is 0.489 bits per heavy atom. The van der Waals surface area contributed by atoms with Crippen LogP contribution in [0.4, 0.5) is 46.3 Å². The molecule has 11 aromatic rings. The minimum absolute atomic E-state index is 0.0154. The molecule has 35 nitrogen and oxygen atoms in total. The van der Waals surface area contributed by atoms with Gasteiger partial charge in [0.15, 0.2) is 11.7 Å². The first kappa shape index (κ1) is 111. The number of carbonyl (C=O) groups excluding carboxylic acids is 6. The normalized spacial score (nSPS) is 11.9. The van der Waals surface area contributed by atoms with E-state index >= 15 is 0 Å². The summed E-state index contributed by atoms with van der Waals surface area (Å²) in [6.45, 7) is 15.8. The van der Waals surface area contributed by atoms with Crippen LogP contribution in [0, 0.1) is 6.92 Å². The van der Waals surface area contributed by atoms with E-state index in [0.29, 0.717) is 51.8 Å². The molecule has 15 rings (SSSR count). The minimum Gasteiger partial charge on any atom is -0.465 e. The number of amides is 4. The molecule has 2 aromatic carbocycles. The summed E-state index contributed by atoms with van der Waals surface area (Å²) >= 11 is 0. The van der Waals surface area contributed by atoms with Crippen LogP contribution in [0.25, 0.3) is 17.0 Å². The highest BCUT2D eigenvalue weighted by Gasteiger charge is 2.28. The summed E-state index contributed by atoms with van der Waals surface area (Å²) in [6.07, 6.45) is 21.5. The number of amidine groups is 1. The number of hydrogen-bond acceptors (Lipinski definition) is 29. The number of carbonyl (C=O) groups is 6. The Morgan fingerprint density at radius 2 is 0.985 bits per heavy atom. The third-order valence-corrected chi connectivity index (χ3v) is 20.8. The van der Waals surface area contributed by atoms with Crippen LogP contribution in [-0.2, 0) is 42.2 Å². The highest BCUT2D eigenvalue weighted by atomic mass is 16.5. The molecule has 137 heavy (non-hydrogen) atoms. The van der Waals surface area contributed by atoms with Gasteiger partial charge in [0.25, 0.3) is 23.6 Å². The van der Waals surface area contributed by atoms with Crippen LogP contribution in [0.3, 0.4) is 0 Å². The Hall–Kier alpha value is -15.2. The average molecular weight is 1870 g/mol. The molecule has 2 aliphatic heterocycles. The molecule has 2 saturated carbocycles. The van der Waals surface area contributed by atoms with Crippen molar-refractivity contribution in [3.05, 3.63) is 254 Å². The number of esters is 2. The largest absolute Gasteiger partial charge is 0.465 e. The van der Waals surface area contributed by atoms with Gasteiger partial charge in [-0.25, -0.2) is 44.5 Å². The molecule has 4 aliphatic rings. The van der Waals surface area contributed by atoms with Crippen molar-refractivity contribution in [2.24, 2.45) is 22.0 Å². The molecule has 0 bridgehead atoms. The first-order valence-corrected chi connectivity index (χ1v) is 45.7. The van der Waals surface area contributed by atoms with Gasteiger partial charge in [-0.3, -0.25) is 48.9 Å². The molecule has 0 saturated heterocycles. The predicted molar refractivity (Wildman–Crippen MR) is 554 cm³/mol. The standard InChI is InChI=1S/C13H21N3O.C12H17N3O.C12H17NO2.C11H15NO2.C10H12N4.C10H11N3.2C9H12N2O.C8H9N5.C8H13N3/c1-5-6-7-11-8-10(13(17)16(3)4)9-12(14-2)15-11;1-13-11-7-9(12(16)15(2)3)6-10(14-11)8-4-5-8;1-5-10-6-9(12(14)15-4)7-11(13-10)8(2)3;1-4-9-6-8(11(13)14-3)7-10(5-2)12-9;1-7-5-8(6-9(11-2)14-7)10-12-3-4-13-10;1-11-10-6-8(3-5-13-10)9-2-4-12-7-9;2*1-10-8-5-3-4-7(6-8)9(12)11-2;1-9-7-4-6(2-3-10-7)8-11-5-12-13-8;1-9-8-5-7(6-3-4-6)10-11(8)2/h8-9H,5-7H2,1-4H3,(H,14,15);6-8H,4-5H2,1-3H3,(H,13,14);6-8H,5H2,1-4H3;6-7H,4-5H2,1-3H3;3,5-6H,4H2,1-2H3,(H,11,14);2-3,5-7H,4H2,1H3,(H,11,13);2*3-6,10H,1-2H3,(H,11,12);2-5H,1H3,(H,9,10)(H,11,12,13);5-6,9H,3-4H2,1-2H3. The third kappa shape index (κ3) is 37.3. The maximum atomic E-state index is 11.9. The van der Waals surface area contributed by atoms with Gasteiger partial charge in [0.1, 0.15) is 41.2 Å². The number of aromatic nitrogens is 12. The van der Waals surface area contributed by atoms with Gasteiger partial charge in [-0.1, -0.05) is 66.2 Å². The summed E-state index contributed by atoms with van der Waals surface area (Å²) in [6, 6.07) is 43.1. The van der Waals surface area contributed by atoms with Crippen molar-refractivity contribution in [3.63, 3.8) is 0 Å². The Kier molecular flexibility index (Phi) is 47.4. The SMILES string of the molecule is CCCCc1cc(C(=O)N(C)C)cc(NC)n1.CCc1cc(C(=O)OC)cc(C(C)C)n1.CCc1cc(C(=O)OC)cc(CC)n1.CNC(=O)c1cccc(NC)c1.CNC(=O)c1cccc(NC)c1.CNc1cc(-c2ncn[nH]2)ccn1.CNc1cc(C(=O)N(C)C)cc(C2CC2)n1.CNc1cc(C2=CCN=C2)ccn1.CNc1cc(C2=NCC=N2)cc(C)n1.CNc1cc(C2CC2)nn1C. The maximum Gasteiger partial charge on any atom is 0.337 e. The van der Waals surface area contributed by atoms with Gasteiger partial charge in [0, 0.05) is 233 Å². The Morgan fingerprint density at radius 3 is 1.43 bits per heavy atom. The summed E-state index contributed by atoms with van der Waals surface area (Å²) < 4.78 is 11.3. The number of unbranched alkanes of at least 4 members (excludes halogenated alkanes) is 1. The van der Waals surface area contributed by atoms with Gasteiger partial charge in [-0.2, -0.15) is 10.2 Å². The summed E-state index contributed by atoms with van der Waals surface area (Å²) in [7, 11) is 29.8. The number of aryl methyl sites for hydroxylation is 6. The van der Waals surface area contributed by atoms with E-state index in [1.165, 1.54) is 63.1 Å². The lowest BCUT2D eigenvalue weighted by Gasteiger charge is -2.12. The van der Waals surface area contributed by atoms with Crippen LogP contribution in [0.2, 0.25) is 0 Å². The molecule has 35 heteroatoms.